The predicted molar refractivity (Wildman–Crippen MR) is 76.7 cm³/mol. The number of amides is 1. The van der Waals surface area contributed by atoms with E-state index < -0.39 is 0 Å². The van der Waals surface area contributed by atoms with Crippen molar-refractivity contribution in [3.8, 4) is 0 Å². The van der Waals surface area contributed by atoms with Crippen LogP contribution in [-0.4, -0.2) is 51.2 Å². The summed E-state index contributed by atoms with van der Waals surface area (Å²) in [4.78, 5) is 14.6. The van der Waals surface area contributed by atoms with E-state index in [4.69, 9.17) is 4.74 Å². The highest BCUT2D eigenvalue weighted by molar-refractivity contribution is 9.09. The van der Waals surface area contributed by atoms with E-state index in [1.165, 1.54) is 0 Å². The molecule has 19 heavy (non-hydrogen) atoms. The fourth-order valence-corrected chi connectivity index (χ4v) is 2.81. The first-order valence-electron chi connectivity index (χ1n) is 6.44. The summed E-state index contributed by atoms with van der Waals surface area (Å²) in [6.07, 6.45) is 0.0671. The van der Waals surface area contributed by atoms with Crippen LogP contribution in [0.3, 0.4) is 0 Å². The van der Waals surface area contributed by atoms with Gasteiger partial charge in [-0.3, -0.25) is 9.48 Å². The number of aromatic nitrogens is 2. The molecule has 0 radical (unpaired) electrons. The highest BCUT2D eigenvalue weighted by Gasteiger charge is 2.32. The van der Waals surface area contributed by atoms with Crippen LogP contribution in [-0.2, 0) is 11.8 Å². The summed E-state index contributed by atoms with van der Waals surface area (Å²) >= 11 is 3.42. The maximum Gasteiger partial charge on any atom is 0.258 e. The highest BCUT2D eigenvalue weighted by Crippen LogP contribution is 2.20. The van der Waals surface area contributed by atoms with Crippen molar-refractivity contribution in [1.82, 2.24) is 14.7 Å². The molecule has 0 aliphatic carbocycles. The molecule has 1 aromatic rings. The van der Waals surface area contributed by atoms with E-state index in [0.717, 1.165) is 22.3 Å². The molecule has 2 rings (SSSR count). The van der Waals surface area contributed by atoms with Crippen molar-refractivity contribution in [2.75, 3.05) is 18.5 Å². The molecule has 5 nitrogen and oxygen atoms in total. The molecular formula is C13H20BrN3O2. The Morgan fingerprint density at radius 2 is 2.21 bits per heavy atom. The Kier molecular flexibility index (Phi) is 4.30. The molecular weight excluding hydrogens is 310 g/mol. The topological polar surface area (TPSA) is 47.4 Å². The third kappa shape index (κ3) is 2.69. The number of aryl methyl sites for hydroxylation is 2. The number of hydrogen-bond acceptors (Lipinski definition) is 3. The Morgan fingerprint density at radius 3 is 2.74 bits per heavy atom. The third-order valence-corrected chi connectivity index (χ3v) is 4.38. The smallest absolute Gasteiger partial charge is 0.258 e. The lowest BCUT2D eigenvalue weighted by Crippen LogP contribution is -2.51. The quantitative estimate of drug-likeness (QED) is 0.775. The molecule has 6 heteroatoms. The first-order valence-corrected chi connectivity index (χ1v) is 7.56. The Morgan fingerprint density at radius 1 is 1.53 bits per heavy atom. The van der Waals surface area contributed by atoms with Gasteiger partial charge in [-0.05, 0) is 20.8 Å². The summed E-state index contributed by atoms with van der Waals surface area (Å²) < 4.78 is 7.42. The lowest BCUT2D eigenvalue weighted by molar-refractivity contribution is -0.0362. The van der Waals surface area contributed by atoms with Gasteiger partial charge in [0, 0.05) is 24.6 Å². The third-order valence-electron chi connectivity index (χ3n) is 3.66. The molecule has 0 bridgehead atoms. The first kappa shape index (κ1) is 14.5. The van der Waals surface area contributed by atoms with Crippen LogP contribution in [0.2, 0.25) is 0 Å². The molecule has 0 spiro atoms. The van der Waals surface area contributed by atoms with Gasteiger partial charge in [0.15, 0.2) is 0 Å². The van der Waals surface area contributed by atoms with E-state index in [0.29, 0.717) is 13.2 Å². The maximum absolute atomic E-state index is 12.7. The fourth-order valence-electron chi connectivity index (χ4n) is 2.42. The normalized spacial score (nSPS) is 23.7. The van der Waals surface area contributed by atoms with Crippen LogP contribution in [0.25, 0.3) is 0 Å². The van der Waals surface area contributed by atoms with E-state index in [-0.39, 0.29) is 18.1 Å². The molecule has 2 atom stereocenters. The Balaban J connectivity index is 2.27. The van der Waals surface area contributed by atoms with Crippen molar-refractivity contribution < 1.29 is 9.53 Å². The van der Waals surface area contributed by atoms with E-state index in [1.54, 1.807) is 4.68 Å². The zero-order chi connectivity index (χ0) is 14.2. The minimum absolute atomic E-state index is 0.0600. The van der Waals surface area contributed by atoms with Crippen LogP contribution in [0.15, 0.2) is 0 Å². The van der Waals surface area contributed by atoms with Gasteiger partial charge in [0.1, 0.15) is 0 Å². The van der Waals surface area contributed by atoms with Gasteiger partial charge in [-0.15, -0.1) is 0 Å². The van der Waals surface area contributed by atoms with E-state index in [2.05, 4.69) is 21.0 Å². The molecule has 2 unspecified atom stereocenters. The zero-order valence-corrected chi connectivity index (χ0v) is 13.4. The number of carbonyl (C=O) groups is 1. The van der Waals surface area contributed by atoms with Crippen molar-refractivity contribution in [3.05, 3.63) is 17.0 Å². The second-order valence-corrected chi connectivity index (χ2v) is 5.73. The number of hydrogen-bond donors (Lipinski definition) is 0. The number of morpholine rings is 1. The van der Waals surface area contributed by atoms with Gasteiger partial charge in [-0.2, -0.15) is 5.10 Å². The molecule has 1 amide bonds. The molecule has 1 aliphatic heterocycles. The molecule has 1 fully saturated rings. The van der Waals surface area contributed by atoms with Crippen LogP contribution < -0.4 is 0 Å². The van der Waals surface area contributed by atoms with Gasteiger partial charge in [-0.1, -0.05) is 15.9 Å². The predicted octanol–water partition coefficient (Wildman–Crippen LogP) is 1.66. The average Bonchev–Trinajstić information content (AvgIpc) is 2.63. The van der Waals surface area contributed by atoms with Gasteiger partial charge in [0.2, 0.25) is 0 Å². The van der Waals surface area contributed by atoms with Gasteiger partial charge < -0.3 is 9.64 Å². The number of halogens is 1. The monoisotopic (exact) mass is 329 g/mol. The maximum atomic E-state index is 12.7. The number of carbonyl (C=O) groups excluding carboxylic acids is 1. The molecule has 2 heterocycles. The van der Waals surface area contributed by atoms with Crippen LogP contribution in [0.1, 0.15) is 28.7 Å². The van der Waals surface area contributed by atoms with E-state index in [1.807, 2.05) is 32.7 Å². The number of alkyl halides is 1. The minimum Gasteiger partial charge on any atom is -0.373 e. The van der Waals surface area contributed by atoms with Gasteiger partial charge in [-0.25, -0.2) is 0 Å². The molecule has 106 valence electrons. The second kappa shape index (κ2) is 5.63. The number of rotatable bonds is 2. The second-order valence-electron chi connectivity index (χ2n) is 5.09. The lowest BCUT2D eigenvalue weighted by atomic mass is 10.1. The Bertz CT molecular complexity index is 486. The Hall–Kier alpha value is -0.880. The fraction of sp³-hybridized carbons (Fsp3) is 0.692. The minimum atomic E-state index is 0.0600. The average molecular weight is 330 g/mol. The molecule has 0 N–H and O–H groups in total. The van der Waals surface area contributed by atoms with Crippen molar-refractivity contribution >= 4 is 21.8 Å². The molecule has 1 aliphatic rings. The van der Waals surface area contributed by atoms with Crippen LogP contribution in [0, 0.1) is 13.8 Å². The summed E-state index contributed by atoms with van der Waals surface area (Å²) in [6.45, 7) is 7.04. The molecule has 1 aromatic heterocycles. The summed E-state index contributed by atoms with van der Waals surface area (Å²) in [6, 6.07) is 0.0989. The van der Waals surface area contributed by atoms with Crippen molar-refractivity contribution in [1.29, 1.82) is 0 Å². The molecule has 0 aromatic carbocycles. The SMILES string of the molecule is Cc1nn(C)c(C)c1C(=O)N1CC(CBr)OCC1C. The number of nitrogens with zero attached hydrogens (tertiary/aromatic N) is 3. The number of ether oxygens (including phenoxy) is 1. The van der Waals surface area contributed by atoms with Crippen molar-refractivity contribution in [3.63, 3.8) is 0 Å². The lowest BCUT2D eigenvalue weighted by Gasteiger charge is -2.37. The molecule has 0 saturated carbocycles. The molecule has 1 saturated heterocycles. The van der Waals surface area contributed by atoms with Crippen LogP contribution >= 0.6 is 15.9 Å². The summed E-state index contributed by atoms with van der Waals surface area (Å²) in [5.41, 5.74) is 2.43. The Labute approximate surface area is 122 Å². The van der Waals surface area contributed by atoms with Crippen LogP contribution in [0.4, 0.5) is 0 Å². The van der Waals surface area contributed by atoms with Gasteiger partial charge in [0.05, 0.1) is 30.0 Å². The van der Waals surface area contributed by atoms with Crippen LogP contribution in [0.5, 0.6) is 0 Å². The summed E-state index contributed by atoms with van der Waals surface area (Å²) in [7, 11) is 1.86. The van der Waals surface area contributed by atoms with E-state index in [9.17, 15) is 4.79 Å². The van der Waals surface area contributed by atoms with Gasteiger partial charge >= 0.3 is 0 Å². The van der Waals surface area contributed by atoms with E-state index >= 15 is 0 Å². The standard InChI is InChI=1S/C13H20BrN3O2/c1-8-7-19-11(5-14)6-17(8)13(18)12-9(2)15-16(4)10(12)3/h8,11H,5-7H2,1-4H3. The van der Waals surface area contributed by atoms with Gasteiger partial charge in [0.25, 0.3) is 5.91 Å². The van der Waals surface area contributed by atoms with Crippen molar-refractivity contribution in [2.24, 2.45) is 7.05 Å². The zero-order valence-electron chi connectivity index (χ0n) is 11.8. The summed E-state index contributed by atoms with van der Waals surface area (Å²) in [5, 5.41) is 5.06. The largest absolute Gasteiger partial charge is 0.373 e. The highest BCUT2D eigenvalue weighted by atomic mass is 79.9. The summed E-state index contributed by atoms with van der Waals surface area (Å²) in [5.74, 6) is 0.0600. The first-order chi connectivity index (χ1) is 8.95. The van der Waals surface area contributed by atoms with Crippen molar-refractivity contribution in [2.45, 2.75) is 32.9 Å².